The van der Waals surface area contributed by atoms with Crippen molar-refractivity contribution >= 4 is 23.8 Å². The Labute approximate surface area is 192 Å². The number of piperidine rings is 1. The second-order valence-corrected chi connectivity index (χ2v) is 7.81. The van der Waals surface area contributed by atoms with Crippen LogP contribution in [0.15, 0.2) is 60.7 Å². The lowest BCUT2D eigenvalue weighted by Gasteiger charge is -2.29. The van der Waals surface area contributed by atoms with Gasteiger partial charge in [0.05, 0.1) is 0 Å². The number of hydrogen-bond donors (Lipinski definition) is 3. The van der Waals surface area contributed by atoms with Gasteiger partial charge in [-0.1, -0.05) is 54.6 Å². The van der Waals surface area contributed by atoms with Crippen molar-refractivity contribution in [2.75, 3.05) is 0 Å². The Balaban J connectivity index is 0.000000257. The number of hydrogen-bond acceptors (Lipinski definition) is 4. The van der Waals surface area contributed by atoms with Gasteiger partial charge < -0.3 is 15.3 Å². The molecule has 1 fully saturated rings. The molecule has 2 aliphatic rings. The normalized spacial score (nSPS) is 17.3. The maximum atomic E-state index is 12.5. The van der Waals surface area contributed by atoms with Crippen molar-refractivity contribution in [3.05, 3.63) is 82.9 Å². The Hall–Kier alpha value is -3.94. The monoisotopic (exact) mass is 449 g/mol. The third-order valence-electron chi connectivity index (χ3n) is 5.47. The Bertz CT molecular complexity index is 1060. The Morgan fingerprint density at radius 3 is 2.58 bits per heavy atom. The Kier molecular flexibility index (Phi) is 7.96. The molecule has 4 rings (SSSR count). The van der Waals surface area contributed by atoms with Crippen molar-refractivity contribution in [3.8, 4) is 0 Å². The molecule has 1 atom stereocenters. The average Bonchev–Trinajstić information content (AvgIpc) is 3.13. The third-order valence-corrected chi connectivity index (χ3v) is 5.47. The number of carbonyl (C=O) groups excluding carboxylic acids is 3. The van der Waals surface area contributed by atoms with Crippen LogP contribution in [0.4, 0.5) is 4.79 Å². The second-order valence-electron chi connectivity index (χ2n) is 7.81. The first-order chi connectivity index (χ1) is 15.9. The number of benzene rings is 2. The molecule has 8 heteroatoms. The fourth-order valence-corrected chi connectivity index (χ4v) is 3.76. The number of nitrogens with one attached hydrogen (secondary N) is 2. The van der Waals surface area contributed by atoms with Crippen molar-refractivity contribution in [1.82, 2.24) is 15.5 Å². The van der Waals surface area contributed by atoms with Gasteiger partial charge in [0.1, 0.15) is 6.04 Å². The van der Waals surface area contributed by atoms with Crippen LogP contribution in [0, 0.1) is 0 Å². The summed E-state index contributed by atoms with van der Waals surface area (Å²) in [6, 6.07) is 15.0. The molecule has 0 radical (unpaired) electrons. The van der Waals surface area contributed by atoms with Crippen molar-refractivity contribution in [2.45, 2.75) is 45.3 Å². The maximum Gasteiger partial charge on any atom is 0.404 e. The summed E-state index contributed by atoms with van der Waals surface area (Å²) in [7, 11) is 0. The van der Waals surface area contributed by atoms with Gasteiger partial charge in [-0.3, -0.25) is 19.7 Å². The minimum absolute atomic E-state index is 0.105. The molecule has 3 N–H and O–H groups in total. The van der Waals surface area contributed by atoms with Crippen molar-refractivity contribution in [3.63, 3.8) is 0 Å². The Morgan fingerprint density at radius 1 is 1.15 bits per heavy atom. The number of nitrogens with zero attached hydrogens (tertiary/aromatic N) is 1. The van der Waals surface area contributed by atoms with E-state index in [1.165, 1.54) is 10.5 Å². The highest BCUT2D eigenvalue weighted by Crippen LogP contribution is 2.28. The molecule has 1 saturated heterocycles. The predicted octanol–water partition coefficient (Wildman–Crippen LogP) is 3.02. The molecule has 0 aromatic heterocycles. The van der Waals surface area contributed by atoms with E-state index < -0.39 is 18.0 Å². The molecule has 2 aromatic rings. The van der Waals surface area contributed by atoms with Crippen molar-refractivity contribution < 1.29 is 24.3 Å². The van der Waals surface area contributed by atoms with Crippen LogP contribution < -0.4 is 10.6 Å². The number of imide groups is 1. The van der Waals surface area contributed by atoms with Gasteiger partial charge in [0.2, 0.25) is 11.8 Å². The molecule has 172 valence electrons. The van der Waals surface area contributed by atoms with Gasteiger partial charge in [0.25, 0.3) is 5.91 Å². The van der Waals surface area contributed by atoms with Gasteiger partial charge in [0.15, 0.2) is 0 Å². The lowest BCUT2D eigenvalue weighted by atomic mass is 10.0. The zero-order valence-electron chi connectivity index (χ0n) is 18.4. The van der Waals surface area contributed by atoms with E-state index in [2.05, 4.69) is 47.1 Å². The number of carboxylic acid groups (broad SMARTS) is 1. The molecule has 0 spiro atoms. The summed E-state index contributed by atoms with van der Waals surface area (Å²) in [6.07, 6.45) is 4.68. The molecule has 2 heterocycles. The molecule has 8 nitrogen and oxygen atoms in total. The van der Waals surface area contributed by atoms with Gasteiger partial charge in [-0.05, 0) is 42.5 Å². The molecule has 0 saturated carbocycles. The van der Waals surface area contributed by atoms with E-state index >= 15 is 0 Å². The Morgan fingerprint density at radius 2 is 1.91 bits per heavy atom. The molecule has 0 aliphatic carbocycles. The number of allylic oxidation sites excluding steroid dienone is 2. The number of amides is 4. The fraction of sp³-hybridized carbons (Fsp3) is 0.280. The quantitative estimate of drug-likeness (QED) is 0.479. The summed E-state index contributed by atoms with van der Waals surface area (Å²) >= 11 is 0. The van der Waals surface area contributed by atoms with Crippen LogP contribution in [0.3, 0.4) is 0 Å². The molecular formula is C25H27N3O5. The number of fused-ring (bicyclic) bond motifs is 1. The first-order valence-electron chi connectivity index (χ1n) is 10.8. The smallest absolute Gasteiger partial charge is 0.404 e. The first kappa shape index (κ1) is 23.7. The molecule has 4 amide bonds. The van der Waals surface area contributed by atoms with E-state index in [-0.39, 0.29) is 24.8 Å². The SMILES string of the molecule is C/C=C/Cc1ccccc1.O=C(O)NCc1ccc2c(c1)C(=O)N(C1CCC(=O)NC1=O)C2. The largest absolute Gasteiger partial charge is 0.465 e. The highest BCUT2D eigenvalue weighted by Gasteiger charge is 2.39. The standard InChI is InChI=1S/C15H15N3O5.C10H12/c19-12-4-3-11(13(20)17-12)18-7-9-2-1-8(6-16-15(22)23)5-10(9)14(18)21;1-2-3-7-10-8-5-4-6-9-10/h1-2,5,11,16H,3-4,6-7H2,(H,22,23)(H,17,19,20);2-6,8-9H,7H2,1H3/b;3-2+. The average molecular weight is 450 g/mol. The third kappa shape index (κ3) is 6.29. The van der Waals surface area contributed by atoms with Gasteiger partial charge in [-0.15, -0.1) is 0 Å². The van der Waals surface area contributed by atoms with Crippen LogP contribution >= 0.6 is 0 Å². The number of carbonyl (C=O) groups is 4. The molecule has 0 bridgehead atoms. The lowest BCUT2D eigenvalue weighted by Crippen LogP contribution is -2.52. The van der Waals surface area contributed by atoms with Crippen molar-refractivity contribution in [2.24, 2.45) is 0 Å². The van der Waals surface area contributed by atoms with Crippen LogP contribution in [0.1, 0.15) is 46.8 Å². The minimum Gasteiger partial charge on any atom is -0.465 e. The summed E-state index contributed by atoms with van der Waals surface area (Å²) in [5.74, 6) is -1.04. The van der Waals surface area contributed by atoms with Gasteiger partial charge in [-0.25, -0.2) is 4.79 Å². The fourth-order valence-electron chi connectivity index (χ4n) is 3.76. The van der Waals surface area contributed by atoms with Crippen LogP contribution in [0.25, 0.3) is 0 Å². The van der Waals surface area contributed by atoms with E-state index in [1.54, 1.807) is 18.2 Å². The molecule has 1 unspecified atom stereocenters. The lowest BCUT2D eigenvalue weighted by molar-refractivity contribution is -0.136. The predicted molar refractivity (Wildman–Crippen MR) is 122 cm³/mol. The summed E-state index contributed by atoms with van der Waals surface area (Å²) in [5, 5.41) is 13.1. The minimum atomic E-state index is -1.14. The van der Waals surface area contributed by atoms with Crippen LogP contribution in [0.5, 0.6) is 0 Å². The van der Waals surface area contributed by atoms with E-state index in [9.17, 15) is 19.2 Å². The molecule has 2 aliphatic heterocycles. The first-order valence-corrected chi connectivity index (χ1v) is 10.8. The van der Waals surface area contributed by atoms with E-state index in [0.717, 1.165) is 12.0 Å². The van der Waals surface area contributed by atoms with Gasteiger partial charge in [0, 0.05) is 25.1 Å². The molecule has 33 heavy (non-hydrogen) atoms. The summed E-state index contributed by atoms with van der Waals surface area (Å²) in [6.45, 7) is 2.46. The second kappa shape index (κ2) is 11.1. The summed E-state index contributed by atoms with van der Waals surface area (Å²) in [4.78, 5) is 47.7. The zero-order valence-corrected chi connectivity index (χ0v) is 18.4. The maximum absolute atomic E-state index is 12.5. The van der Waals surface area contributed by atoms with Crippen LogP contribution in [-0.2, 0) is 29.1 Å². The van der Waals surface area contributed by atoms with Gasteiger partial charge in [-0.2, -0.15) is 0 Å². The highest BCUT2D eigenvalue weighted by atomic mass is 16.4. The van der Waals surface area contributed by atoms with E-state index in [0.29, 0.717) is 24.1 Å². The van der Waals surface area contributed by atoms with Crippen LogP contribution in [-0.4, -0.2) is 39.9 Å². The molecule has 2 aromatic carbocycles. The molecular weight excluding hydrogens is 422 g/mol. The number of rotatable bonds is 5. The summed E-state index contributed by atoms with van der Waals surface area (Å²) < 4.78 is 0. The van der Waals surface area contributed by atoms with Gasteiger partial charge >= 0.3 is 6.09 Å². The van der Waals surface area contributed by atoms with Crippen LogP contribution in [0.2, 0.25) is 0 Å². The van der Waals surface area contributed by atoms with Crippen molar-refractivity contribution in [1.29, 1.82) is 0 Å². The zero-order chi connectivity index (χ0) is 23.8. The van der Waals surface area contributed by atoms with E-state index in [4.69, 9.17) is 5.11 Å². The summed E-state index contributed by atoms with van der Waals surface area (Å²) in [5.41, 5.74) is 3.31. The highest BCUT2D eigenvalue weighted by molar-refractivity contribution is 6.05. The topological polar surface area (TPSA) is 116 Å². The van der Waals surface area contributed by atoms with E-state index in [1.807, 2.05) is 13.0 Å².